The van der Waals surface area contributed by atoms with Crippen LogP contribution in [0.1, 0.15) is 5.69 Å². The second-order valence-electron chi connectivity index (χ2n) is 3.48. The normalized spacial score (nSPS) is 17.0. The first-order valence-corrected chi connectivity index (χ1v) is 5.53. The average molecular weight is 238 g/mol. The van der Waals surface area contributed by atoms with E-state index < -0.39 is 0 Å². The van der Waals surface area contributed by atoms with Crippen molar-refractivity contribution in [2.75, 3.05) is 31.7 Å². The van der Waals surface area contributed by atoms with Gasteiger partial charge >= 0.3 is 0 Å². The Balaban J connectivity index is 2.02. The Morgan fingerprint density at radius 1 is 1.44 bits per heavy atom. The Bertz CT molecular complexity index is 379. The van der Waals surface area contributed by atoms with E-state index in [-0.39, 0.29) is 0 Å². The summed E-state index contributed by atoms with van der Waals surface area (Å²) in [7, 11) is 0. The van der Waals surface area contributed by atoms with Crippen LogP contribution in [0.3, 0.4) is 0 Å². The minimum absolute atomic E-state index is 0.311. The number of hydrazine groups is 1. The first kappa shape index (κ1) is 11.3. The fourth-order valence-electron chi connectivity index (χ4n) is 1.47. The van der Waals surface area contributed by atoms with Crippen molar-refractivity contribution in [1.82, 2.24) is 9.99 Å². The number of aromatic nitrogens is 1. The van der Waals surface area contributed by atoms with Crippen LogP contribution in [-0.2, 0) is 4.74 Å². The lowest BCUT2D eigenvalue weighted by molar-refractivity contribution is 0.0495. The molecule has 0 aliphatic carbocycles. The van der Waals surface area contributed by atoms with Crippen molar-refractivity contribution in [2.45, 2.75) is 0 Å². The molecule has 1 fully saturated rings. The quantitative estimate of drug-likeness (QED) is 0.742. The summed E-state index contributed by atoms with van der Waals surface area (Å²) in [5.74, 6) is 0.757. The summed E-state index contributed by atoms with van der Waals surface area (Å²) in [6, 6.07) is 5.56. The highest BCUT2D eigenvalue weighted by Crippen LogP contribution is 2.07. The van der Waals surface area contributed by atoms with Crippen LogP contribution in [0, 0.1) is 0 Å². The Kier molecular flexibility index (Phi) is 3.66. The summed E-state index contributed by atoms with van der Waals surface area (Å²) in [5.41, 5.74) is 9.36. The maximum Gasteiger partial charge on any atom is 0.141 e. The Labute approximate surface area is 99.6 Å². The number of hydrogen-bond acceptors (Lipinski definition) is 5. The molecule has 16 heavy (non-hydrogen) atoms. The lowest BCUT2D eigenvalue weighted by atomic mass is 10.3. The molecule has 1 aliphatic heterocycles. The fraction of sp³-hybridized carbons (Fsp3) is 0.400. The van der Waals surface area contributed by atoms with Gasteiger partial charge in [0.2, 0.25) is 0 Å². The summed E-state index contributed by atoms with van der Waals surface area (Å²) in [4.78, 5) is 4.62. The molecular weight excluding hydrogens is 224 g/mol. The molecule has 0 atom stereocenters. The molecule has 1 aromatic heterocycles. The van der Waals surface area contributed by atoms with E-state index >= 15 is 0 Å². The zero-order chi connectivity index (χ0) is 11.4. The van der Waals surface area contributed by atoms with Crippen LogP contribution in [0.25, 0.3) is 0 Å². The highest BCUT2D eigenvalue weighted by molar-refractivity contribution is 7.80. The van der Waals surface area contributed by atoms with Gasteiger partial charge in [-0.3, -0.25) is 0 Å². The van der Waals surface area contributed by atoms with E-state index in [9.17, 15) is 0 Å². The third kappa shape index (κ3) is 2.88. The SMILES string of the molecule is NC(=S)c1cccc(NN2CCOCC2)n1. The summed E-state index contributed by atoms with van der Waals surface area (Å²) >= 11 is 4.88. The van der Waals surface area contributed by atoms with Gasteiger partial charge < -0.3 is 15.9 Å². The van der Waals surface area contributed by atoms with Crippen molar-refractivity contribution in [3.63, 3.8) is 0 Å². The lowest BCUT2D eigenvalue weighted by Gasteiger charge is -2.27. The van der Waals surface area contributed by atoms with Gasteiger partial charge in [-0.2, -0.15) is 0 Å². The van der Waals surface area contributed by atoms with E-state index in [1.165, 1.54) is 0 Å². The molecule has 0 amide bonds. The third-order valence-corrected chi connectivity index (χ3v) is 2.49. The van der Waals surface area contributed by atoms with E-state index in [2.05, 4.69) is 15.4 Å². The summed E-state index contributed by atoms with van der Waals surface area (Å²) in [6.45, 7) is 3.17. The Hall–Kier alpha value is -1.24. The van der Waals surface area contributed by atoms with E-state index in [1.54, 1.807) is 6.07 Å². The highest BCUT2D eigenvalue weighted by atomic mass is 32.1. The molecule has 0 radical (unpaired) electrons. The fourth-order valence-corrected chi connectivity index (χ4v) is 1.59. The minimum atomic E-state index is 0.311. The third-order valence-electron chi connectivity index (χ3n) is 2.29. The predicted octanol–water partition coefficient (Wildman–Crippen LogP) is 0.375. The van der Waals surface area contributed by atoms with Crippen molar-refractivity contribution < 1.29 is 4.74 Å². The second kappa shape index (κ2) is 5.20. The number of nitrogens with zero attached hydrogens (tertiary/aromatic N) is 2. The number of nitrogens with two attached hydrogens (primary N) is 1. The molecule has 3 N–H and O–H groups in total. The van der Waals surface area contributed by atoms with Crippen LogP contribution in [-0.4, -0.2) is 41.3 Å². The second-order valence-corrected chi connectivity index (χ2v) is 3.92. The molecule has 0 spiro atoms. The number of morpholine rings is 1. The largest absolute Gasteiger partial charge is 0.388 e. The van der Waals surface area contributed by atoms with Crippen molar-refractivity contribution in [3.05, 3.63) is 23.9 Å². The molecule has 2 heterocycles. The minimum Gasteiger partial charge on any atom is -0.388 e. The van der Waals surface area contributed by atoms with Gasteiger partial charge in [0.05, 0.1) is 18.9 Å². The molecule has 0 bridgehead atoms. The van der Waals surface area contributed by atoms with Gasteiger partial charge in [-0.25, -0.2) is 9.99 Å². The highest BCUT2D eigenvalue weighted by Gasteiger charge is 2.10. The molecular formula is C10H14N4OS. The van der Waals surface area contributed by atoms with E-state index in [0.29, 0.717) is 10.7 Å². The molecule has 0 aromatic carbocycles. The van der Waals surface area contributed by atoms with Gasteiger partial charge in [0.15, 0.2) is 0 Å². The number of nitrogens with one attached hydrogen (secondary N) is 1. The number of anilines is 1. The Morgan fingerprint density at radius 3 is 2.88 bits per heavy atom. The van der Waals surface area contributed by atoms with Crippen molar-refractivity contribution in [3.8, 4) is 0 Å². The monoisotopic (exact) mass is 238 g/mol. The maximum atomic E-state index is 5.52. The molecule has 0 saturated carbocycles. The summed E-state index contributed by atoms with van der Waals surface area (Å²) in [6.07, 6.45) is 0. The van der Waals surface area contributed by atoms with Crippen LogP contribution in [0.15, 0.2) is 18.2 Å². The van der Waals surface area contributed by atoms with E-state index in [1.807, 2.05) is 12.1 Å². The van der Waals surface area contributed by atoms with Crippen LogP contribution in [0.5, 0.6) is 0 Å². The zero-order valence-electron chi connectivity index (χ0n) is 8.85. The molecule has 5 nitrogen and oxygen atoms in total. The van der Waals surface area contributed by atoms with Crippen molar-refractivity contribution in [1.29, 1.82) is 0 Å². The van der Waals surface area contributed by atoms with Gasteiger partial charge in [0, 0.05) is 13.1 Å². The number of ether oxygens (including phenoxy) is 1. The average Bonchev–Trinajstić information content (AvgIpc) is 2.30. The molecule has 1 aliphatic rings. The number of hydrogen-bond donors (Lipinski definition) is 2. The standard InChI is InChI=1S/C10H14N4OS/c11-10(16)8-2-1-3-9(12-8)13-14-4-6-15-7-5-14/h1-3H,4-7H2,(H2,11,16)(H,12,13). The van der Waals surface area contributed by atoms with Gasteiger partial charge in [0.1, 0.15) is 10.8 Å². The summed E-state index contributed by atoms with van der Waals surface area (Å²) < 4.78 is 5.26. The topological polar surface area (TPSA) is 63.4 Å². The zero-order valence-corrected chi connectivity index (χ0v) is 9.67. The first-order valence-electron chi connectivity index (χ1n) is 5.12. The van der Waals surface area contributed by atoms with Crippen molar-refractivity contribution >= 4 is 23.0 Å². The van der Waals surface area contributed by atoms with Crippen LogP contribution in [0.2, 0.25) is 0 Å². The number of pyridine rings is 1. The van der Waals surface area contributed by atoms with Crippen LogP contribution >= 0.6 is 12.2 Å². The number of rotatable bonds is 3. The molecule has 0 unspecified atom stereocenters. The molecule has 1 saturated heterocycles. The molecule has 1 aromatic rings. The Morgan fingerprint density at radius 2 is 2.19 bits per heavy atom. The van der Waals surface area contributed by atoms with E-state index in [4.69, 9.17) is 22.7 Å². The van der Waals surface area contributed by atoms with E-state index in [0.717, 1.165) is 32.1 Å². The molecule has 86 valence electrons. The van der Waals surface area contributed by atoms with Gasteiger partial charge in [-0.1, -0.05) is 18.3 Å². The van der Waals surface area contributed by atoms with Gasteiger partial charge in [-0.05, 0) is 12.1 Å². The van der Waals surface area contributed by atoms with Gasteiger partial charge in [0.25, 0.3) is 0 Å². The van der Waals surface area contributed by atoms with Crippen LogP contribution in [0.4, 0.5) is 5.82 Å². The number of thiocarbonyl (C=S) groups is 1. The van der Waals surface area contributed by atoms with Crippen molar-refractivity contribution in [2.24, 2.45) is 5.73 Å². The lowest BCUT2D eigenvalue weighted by Crippen LogP contribution is -2.40. The predicted molar refractivity (Wildman–Crippen MR) is 66.1 cm³/mol. The molecule has 2 rings (SSSR count). The van der Waals surface area contributed by atoms with Crippen LogP contribution < -0.4 is 11.2 Å². The first-order chi connectivity index (χ1) is 7.75. The van der Waals surface area contributed by atoms with Gasteiger partial charge in [-0.15, -0.1) is 0 Å². The smallest absolute Gasteiger partial charge is 0.141 e. The summed E-state index contributed by atoms with van der Waals surface area (Å²) in [5, 5.41) is 2.06. The maximum absolute atomic E-state index is 5.52. The molecule has 6 heteroatoms.